The Morgan fingerprint density at radius 1 is 1.45 bits per heavy atom. The van der Waals surface area contributed by atoms with E-state index in [1.807, 2.05) is 24.4 Å². The molecule has 2 heterocycles. The SMILES string of the molecule is CCN(C(=O)CNC(=O)Cc1cccs1)C1CCS(=O)(=O)C1. The average molecular weight is 344 g/mol. The van der Waals surface area contributed by atoms with E-state index < -0.39 is 9.84 Å². The number of rotatable bonds is 6. The van der Waals surface area contributed by atoms with Gasteiger partial charge in [-0.25, -0.2) is 8.42 Å². The van der Waals surface area contributed by atoms with Crippen LogP contribution in [0.15, 0.2) is 17.5 Å². The lowest BCUT2D eigenvalue weighted by Crippen LogP contribution is -2.46. The molecule has 1 aliphatic heterocycles. The molecular weight excluding hydrogens is 324 g/mol. The molecule has 0 bridgehead atoms. The molecule has 2 amide bonds. The first kappa shape index (κ1) is 17.0. The summed E-state index contributed by atoms with van der Waals surface area (Å²) in [5.41, 5.74) is 0. The molecule has 0 radical (unpaired) electrons. The van der Waals surface area contributed by atoms with Crippen LogP contribution in [0.3, 0.4) is 0 Å². The van der Waals surface area contributed by atoms with E-state index >= 15 is 0 Å². The number of nitrogens with one attached hydrogen (secondary N) is 1. The standard InChI is InChI=1S/C14H20N2O4S2/c1-2-16(11-5-7-22(19,20)10-11)14(18)9-15-13(17)8-12-4-3-6-21-12/h3-4,6,11H,2,5,7-10H2,1H3,(H,15,17). The Kier molecular flexibility index (Phi) is 5.57. The summed E-state index contributed by atoms with van der Waals surface area (Å²) in [4.78, 5) is 26.5. The fourth-order valence-corrected chi connectivity index (χ4v) is 5.00. The monoisotopic (exact) mass is 344 g/mol. The summed E-state index contributed by atoms with van der Waals surface area (Å²) in [5.74, 6) is -0.280. The second kappa shape index (κ2) is 7.23. The molecule has 1 N–H and O–H groups in total. The number of thiophene rings is 1. The summed E-state index contributed by atoms with van der Waals surface area (Å²) in [7, 11) is -3.03. The van der Waals surface area contributed by atoms with Crippen molar-refractivity contribution in [2.75, 3.05) is 24.6 Å². The predicted octanol–water partition coefficient (Wildman–Crippen LogP) is 0.442. The third-order valence-electron chi connectivity index (χ3n) is 3.66. The average Bonchev–Trinajstić information content (AvgIpc) is 3.07. The summed E-state index contributed by atoms with van der Waals surface area (Å²) >= 11 is 1.49. The maximum absolute atomic E-state index is 12.2. The Labute approximate surface area is 134 Å². The van der Waals surface area contributed by atoms with Crippen LogP contribution < -0.4 is 5.32 Å². The van der Waals surface area contributed by atoms with Crippen molar-refractivity contribution >= 4 is 33.0 Å². The van der Waals surface area contributed by atoms with Crippen LogP contribution in [0.1, 0.15) is 18.2 Å². The Bertz CT molecular complexity index is 625. The van der Waals surface area contributed by atoms with Crippen molar-refractivity contribution in [1.29, 1.82) is 0 Å². The van der Waals surface area contributed by atoms with Crippen LogP contribution in [0.2, 0.25) is 0 Å². The van der Waals surface area contributed by atoms with E-state index in [9.17, 15) is 18.0 Å². The van der Waals surface area contributed by atoms with Gasteiger partial charge in [0.1, 0.15) is 0 Å². The Balaban J connectivity index is 1.83. The molecular formula is C14H20N2O4S2. The summed E-state index contributed by atoms with van der Waals surface area (Å²) in [6.45, 7) is 2.17. The van der Waals surface area contributed by atoms with Crippen LogP contribution in [0.25, 0.3) is 0 Å². The summed E-state index contributed by atoms with van der Waals surface area (Å²) in [5, 5.41) is 4.50. The van der Waals surface area contributed by atoms with Crippen LogP contribution >= 0.6 is 11.3 Å². The number of likely N-dealkylation sites (N-methyl/N-ethyl adjacent to an activating group) is 1. The molecule has 1 aromatic rings. The van der Waals surface area contributed by atoms with Gasteiger partial charge in [-0.3, -0.25) is 9.59 Å². The second-order valence-corrected chi connectivity index (χ2v) is 8.53. The van der Waals surface area contributed by atoms with Gasteiger partial charge in [0.15, 0.2) is 9.84 Å². The second-order valence-electron chi connectivity index (χ2n) is 5.27. The fourth-order valence-electron chi connectivity index (χ4n) is 2.57. The number of hydrogen-bond donors (Lipinski definition) is 1. The van der Waals surface area contributed by atoms with Crippen molar-refractivity contribution < 1.29 is 18.0 Å². The number of amides is 2. The van der Waals surface area contributed by atoms with Crippen molar-refractivity contribution in [1.82, 2.24) is 10.2 Å². The number of carbonyl (C=O) groups excluding carboxylic acids is 2. The lowest BCUT2D eigenvalue weighted by Gasteiger charge is -2.26. The number of carbonyl (C=O) groups is 2. The Morgan fingerprint density at radius 3 is 2.77 bits per heavy atom. The Morgan fingerprint density at radius 2 is 2.23 bits per heavy atom. The van der Waals surface area contributed by atoms with Crippen molar-refractivity contribution in [2.45, 2.75) is 25.8 Å². The zero-order chi connectivity index (χ0) is 16.2. The first-order valence-corrected chi connectivity index (χ1v) is 9.90. The third kappa shape index (κ3) is 4.54. The van der Waals surface area contributed by atoms with Gasteiger partial charge in [-0.15, -0.1) is 11.3 Å². The maximum atomic E-state index is 12.2. The molecule has 0 saturated carbocycles. The fraction of sp³-hybridized carbons (Fsp3) is 0.571. The summed E-state index contributed by atoms with van der Waals surface area (Å²) in [6.07, 6.45) is 0.736. The minimum absolute atomic E-state index is 0.0235. The quantitative estimate of drug-likeness (QED) is 0.812. The zero-order valence-electron chi connectivity index (χ0n) is 12.4. The van der Waals surface area contributed by atoms with E-state index in [1.165, 1.54) is 11.3 Å². The van der Waals surface area contributed by atoms with E-state index in [2.05, 4.69) is 5.32 Å². The lowest BCUT2D eigenvalue weighted by molar-refractivity contribution is -0.134. The van der Waals surface area contributed by atoms with Crippen LogP contribution in [-0.2, 0) is 25.8 Å². The van der Waals surface area contributed by atoms with Crippen molar-refractivity contribution in [3.05, 3.63) is 22.4 Å². The van der Waals surface area contributed by atoms with Gasteiger partial charge in [-0.2, -0.15) is 0 Å². The van der Waals surface area contributed by atoms with Gasteiger partial charge >= 0.3 is 0 Å². The highest BCUT2D eigenvalue weighted by Gasteiger charge is 2.33. The van der Waals surface area contributed by atoms with Gasteiger partial charge in [0.2, 0.25) is 11.8 Å². The first-order chi connectivity index (χ1) is 10.4. The highest BCUT2D eigenvalue weighted by atomic mass is 32.2. The van der Waals surface area contributed by atoms with Gasteiger partial charge in [-0.1, -0.05) is 6.07 Å². The van der Waals surface area contributed by atoms with Crippen LogP contribution in [-0.4, -0.2) is 55.8 Å². The van der Waals surface area contributed by atoms with Crippen LogP contribution in [0.5, 0.6) is 0 Å². The molecule has 1 unspecified atom stereocenters. The highest BCUT2D eigenvalue weighted by Crippen LogP contribution is 2.17. The molecule has 2 rings (SSSR count). The zero-order valence-corrected chi connectivity index (χ0v) is 14.1. The molecule has 1 atom stereocenters. The van der Waals surface area contributed by atoms with E-state index in [4.69, 9.17) is 0 Å². The molecule has 0 aromatic carbocycles. The minimum atomic E-state index is -3.03. The number of nitrogens with zero attached hydrogens (tertiary/aromatic N) is 1. The predicted molar refractivity (Wildman–Crippen MR) is 85.5 cm³/mol. The lowest BCUT2D eigenvalue weighted by atomic mass is 10.2. The first-order valence-electron chi connectivity index (χ1n) is 7.20. The smallest absolute Gasteiger partial charge is 0.242 e. The highest BCUT2D eigenvalue weighted by molar-refractivity contribution is 7.91. The van der Waals surface area contributed by atoms with Crippen molar-refractivity contribution in [3.8, 4) is 0 Å². The van der Waals surface area contributed by atoms with Gasteiger partial charge in [0.25, 0.3) is 0 Å². The molecule has 0 spiro atoms. The molecule has 8 heteroatoms. The normalized spacial score (nSPS) is 19.8. The van der Waals surface area contributed by atoms with Crippen molar-refractivity contribution in [3.63, 3.8) is 0 Å². The van der Waals surface area contributed by atoms with E-state index in [0.717, 1.165) is 4.88 Å². The molecule has 1 saturated heterocycles. The van der Waals surface area contributed by atoms with E-state index in [1.54, 1.807) is 4.90 Å². The van der Waals surface area contributed by atoms with Gasteiger partial charge in [0.05, 0.1) is 24.5 Å². The molecule has 6 nitrogen and oxygen atoms in total. The van der Waals surface area contributed by atoms with Gasteiger partial charge in [0, 0.05) is 17.5 Å². The van der Waals surface area contributed by atoms with Crippen LogP contribution in [0, 0.1) is 0 Å². The maximum Gasteiger partial charge on any atom is 0.242 e. The molecule has 22 heavy (non-hydrogen) atoms. The topological polar surface area (TPSA) is 83.6 Å². The van der Waals surface area contributed by atoms with E-state index in [-0.39, 0.29) is 42.3 Å². The minimum Gasteiger partial charge on any atom is -0.347 e. The number of hydrogen-bond acceptors (Lipinski definition) is 5. The molecule has 122 valence electrons. The van der Waals surface area contributed by atoms with Crippen LogP contribution in [0.4, 0.5) is 0 Å². The van der Waals surface area contributed by atoms with Gasteiger partial charge < -0.3 is 10.2 Å². The number of sulfone groups is 1. The van der Waals surface area contributed by atoms with Gasteiger partial charge in [-0.05, 0) is 24.8 Å². The molecule has 1 fully saturated rings. The summed E-state index contributed by atoms with van der Waals surface area (Å²) < 4.78 is 23.0. The van der Waals surface area contributed by atoms with E-state index in [0.29, 0.717) is 13.0 Å². The van der Waals surface area contributed by atoms with Crippen molar-refractivity contribution in [2.24, 2.45) is 0 Å². The molecule has 1 aliphatic rings. The Hall–Kier alpha value is -1.41. The largest absolute Gasteiger partial charge is 0.347 e. The third-order valence-corrected chi connectivity index (χ3v) is 6.29. The summed E-state index contributed by atoms with van der Waals surface area (Å²) in [6, 6.07) is 3.47. The molecule has 0 aliphatic carbocycles. The molecule has 1 aromatic heterocycles.